The summed E-state index contributed by atoms with van der Waals surface area (Å²) < 4.78 is 5.06. The van der Waals surface area contributed by atoms with Crippen LogP contribution in [0.15, 0.2) is 42.7 Å². The highest BCUT2D eigenvalue weighted by Gasteiger charge is 2.07. The van der Waals surface area contributed by atoms with Crippen LogP contribution in [-0.4, -0.2) is 23.1 Å². The van der Waals surface area contributed by atoms with Crippen LogP contribution in [0, 0.1) is 0 Å². The number of Topliss-reactive ketones (excluding diaryl/α,β-unsaturated/α-hetero) is 1. The van der Waals surface area contributed by atoms with Crippen LogP contribution in [0.1, 0.15) is 15.9 Å². The second kappa shape index (κ2) is 5.21. The zero-order valence-electron chi connectivity index (χ0n) is 9.46. The molecule has 0 N–H and O–H groups in total. The van der Waals surface area contributed by atoms with Gasteiger partial charge in [0.2, 0.25) is 0 Å². The fourth-order valence-electron chi connectivity index (χ4n) is 1.49. The molecule has 0 aliphatic rings. The molecule has 1 aromatic heterocycles. The number of methoxy groups -OCH3 is 1. The number of hydrogen-bond donors (Lipinski definition) is 0. The minimum atomic E-state index is 0.0325. The van der Waals surface area contributed by atoms with E-state index in [-0.39, 0.29) is 5.78 Å². The van der Waals surface area contributed by atoms with Gasteiger partial charge >= 0.3 is 0 Å². The molecule has 0 radical (unpaired) electrons. The van der Waals surface area contributed by atoms with E-state index < -0.39 is 0 Å². The number of carbonyl (C=O) groups is 1. The number of carbonyl (C=O) groups excluding carboxylic acids is 1. The van der Waals surface area contributed by atoms with E-state index in [1.807, 2.05) is 24.3 Å². The molecule has 0 amide bonds. The van der Waals surface area contributed by atoms with Gasteiger partial charge in [-0.25, -0.2) is 0 Å². The van der Waals surface area contributed by atoms with Crippen molar-refractivity contribution >= 4 is 5.78 Å². The van der Waals surface area contributed by atoms with Gasteiger partial charge in [-0.15, -0.1) is 0 Å². The topological polar surface area (TPSA) is 52.1 Å². The van der Waals surface area contributed by atoms with Crippen LogP contribution in [0.25, 0.3) is 0 Å². The van der Waals surface area contributed by atoms with E-state index in [4.69, 9.17) is 4.74 Å². The van der Waals surface area contributed by atoms with Gasteiger partial charge in [-0.1, -0.05) is 12.1 Å². The van der Waals surface area contributed by atoms with Crippen molar-refractivity contribution in [1.29, 1.82) is 0 Å². The van der Waals surface area contributed by atoms with Crippen LogP contribution in [0.3, 0.4) is 0 Å². The molecule has 17 heavy (non-hydrogen) atoms. The lowest BCUT2D eigenvalue weighted by molar-refractivity contribution is 0.0992. The van der Waals surface area contributed by atoms with Gasteiger partial charge in [-0.05, 0) is 23.8 Å². The van der Waals surface area contributed by atoms with E-state index in [9.17, 15) is 4.79 Å². The monoisotopic (exact) mass is 228 g/mol. The quantitative estimate of drug-likeness (QED) is 0.750. The molecule has 2 rings (SSSR count). The third-order valence-electron chi connectivity index (χ3n) is 2.43. The Hall–Kier alpha value is -2.23. The van der Waals surface area contributed by atoms with E-state index >= 15 is 0 Å². The van der Waals surface area contributed by atoms with Crippen LogP contribution in [0.5, 0.6) is 5.75 Å². The molecule has 0 saturated carbocycles. The average Bonchev–Trinajstić information content (AvgIpc) is 2.40. The zero-order chi connectivity index (χ0) is 12.1. The van der Waals surface area contributed by atoms with Crippen molar-refractivity contribution < 1.29 is 9.53 Å². The van der Waals surface area contributed by atoms with E-state index in [1.165, 1.54) is 12.4 Å². The van der Waals surface area contributed by atoms with E-state index in [1.54, 1.807) is 13.2 Å². The van der Waals surface area contributed by atoms with Gasteiger partial charge in [0.05, 0.1) is 19.5 Å². The second-order valence-corrected chi connectivity index (χ2v) is 3.58. The highest BCUT2D eigenvalue weighted by Crippen LogP contribution is 2.13. The molecule has 4 heteroatoms. The maximum absolute atomic E-state index is 11.9. The Morgan fingerprint density at radius 2 is 1.94 bits per heavy atom. The van der Waals surface area contributed by atoms with Crippen LogP contribution in [0.2, 0.25) is 0 Å². The standard InChI is InChI=1S/C13H12N2O2/c1-17-12-4-2-10(3-5-12)8-13(16)11-6-7-14-15-9-11/h2-7,9H,8H2,1H3. The molecule has 1 heterocycles. The van der Waals surface area contributed by atoms with Gasteiger partial charge in [-0.3, -0.25) is 4.79 Å². The number of aromatic nitrogens is 2. The fourth-order valence-corrected chi connectivity index (χ4v) is 1.49. The van der Waals surface area contributed by atoms with E-state index in [2.05, 4.69) is 10.2 Å². The Morgan fingerprint density at radius 3 is 2.53 bits per heavy atom. The molecule has 0 fully saturated rings. The van der Waals surface area contributed by atoms with Gasteiger partial charge in [0, 0.05) is 12.0 Å². The first-order valence-electron chi connectivity index (χ1n) is 5.22. The Labute approximate surface area is 99.3 Å². The first-order chi connectivity index (χ1) is 8.29. The summed E-state index contributed by atoms with van der Waals surface area (Å²) in [5.74, 6) is 0.817. The van der Waals surface area contributed by atoms with Crippen LogP contribution >= 0.6 is 0 Å². The predicted molar refractivity (Wildman–Crippen MR) is 63.1 cm³/mol. The summed E-state index contributed by atoms with van der Waals surface area (Å²) in [6, 6.07) is 9.11. The van der Waals surface area contributed by atoms with Crippen LogP contribution < -0.4 is 4.74 Å². The normalized spacial score (nSPS) is 9.94. The minimum absolute atomic E-state index is 0.0325. The summed E-state index contributed by atoms with van der Waals surface area (Å²) in [7, 11) is 1.61. The van der Waals surface area contributed by atoms with Crippen molar-refractivity contribution in [2.75, 3.05) is 7.11 Å². The molecular formula is C13H12N2O2. The fraction of sp³-hybridized carbons (Fsp3) is 0.154. The molecule has 0 saturated heterocycles. The summed E-state index contributed by atoms with van der Waals surface area (Å²) in [5.41, 5.74) is 1.53. The van der Waals surface area contributed by atoms with Gasteiger partial charge < -0.3 is 4.74 Å². The smallest absolute Gasteiger partial charge is 0.168 e. The third kappa shape index (κ3) is 2.87. The first kappa shape index (κ1) is 11.3. The molecule has 0 aliphatic carbocycles. The van der Waals surface area contributed by atoms with Gasteiger partial charge in [0.1, 0.15) is 5.75 Å². The molecule has 1 aromatic carbocycles. The highest BCUT2D eigenvalue weighted by atomic mass is 16.5. The lowest BCUT2D eigenvalue weighted by Crippen LogP contribution is -2.04. The van der Waals surface area contributed by atoms with Crippen molar-refractivity contribution in [3.05, 3.63) is 53.9 Å². The Morgan fingerprint density at radius 1 is 1.18 bits per heavy atom. The lowest BCUT2D eigenvalue weighted by atomic mass is 10.0. The first-order valence-corrected chi connectivity index (χ1v) is 5.22. The SMILES string of the molecule is COc1ccc(CC(=O)c2ccnnc2)cc1. The maximum Gasteiger partial charge on any atom is 0.168 e. The number of nitrogens with zero attached hydrogens (tertiary/aromatic N) is 2. The summed E-state index contributed by atoms with van der Waals surface area (Å²) in [6.45, 7) is 0. The molecule has 2 aromatic rings. The van der Waals surface area contributed by atoms with Gasteiger partial charge in [0.25, 0.3) is 0 Å². The number of ether oxygens (including phenoxy) is 1. The molecule has 0 aliphatic heterocycles. The largest absolute Gasteiger partial charge is 0.497 e. The van der Waals surface area contributed by atoms with Crippen LogP contribution in [0.4, 0.5) is 0 Å². The Balaban J connectivity index is 2.08. The van der Waals surface area contributed by atoms with Gasteiger partial charge in [-0.2, -0.15) is 10.2 Å². The molecule has 0 unspecified atom stereocenters. The van der Waals surface area contributed by atoms with Gasteiger partial charge in [0.15, 0.2) is 5.78 Å². The van der Waals surface area contributed by atoms with Crippen LogP contribution in [-0.2, 0) is 6.42 Å². The maximum atomic E-state index is 11.9. The molecular weight excluding hydrogens is 216 g/mol. The molecule has 0 bridgehead atoms. The summed E-state index contributed by atoms with van der Waals surface area (Å²) >= 11 is 0. The van der Waals surface area contributed by atoms with Crippen molar-refractivity contribution in [3.63, 3.8) is 0 Å². The van der Waals surface area contributed by atoms with E-state index in [0.717, 1.165) is 11.3 Å². The number of ketones is 1. The predicted octanol–water partition coefficient (Wildman–Crippen LogP) is 1.91. The number of hydrogen-bond acceptors (Lipinski definition) is 4. The average molecular weight is 228 g/mol. The Bertz CT molecular complexity index is 495. The summed E-state index contributed by atoms with van der Waals surface area (Å²) in [6.07, 6.45) is 3.35. The minimum Gasteiger partial charge on any atom is -0.497 e. The zero-order valence-corrected chi connectivity index (χ0v) is 9.46. The number of benzene rings is 1. The van der Waals surface area contributed by atoms with Crippen molar-refractivity contribution in [3.8, 4) is 5.75 Å². The van der Waals surface area contributed by atoms with E-state index in [0.29, 0.717) is 12.0 Å². The van der Waals surface area contributed by atoms with Crippen molar-refractivity contribution in [1.82, 2.24) is 10.2 Å². The lowest BCUT2D eigenvalue weighted by Gasteiger charge is -2.02. The molecule has 4 nitrogen and oxygen atoms in total. The van der Waals surface area contributed by atoms with Crippen molar-refractivity contribution in [2.24, 2.45) is 0 Å². The Kier molecular flexibility index (Phi) is 3.45. The molecule has 0 spiro atoms. The summed E-state index contributed by atoms with van der Waals surface area (Å²) in [4.78, 5) is 11.9. The second-order valence-electron chi connectivity index (χ2n) is 3.58. The summed E-state index contributed by atoms with van der Waals surface area (Å²) in [5, 5.41) is 7.32. The highest BCUT2D eigenvalue weighted by molar-refractivity contribution is 5.97. The third-order valence-corrected chi connectivity index (χ3v) is 2.43. The molecule has 86 valence electrons. The number of rotatable bonds is 4. The van der Waals surface area contributed by atoms with Crippen molar-refractivity contribution in [2.45, 2.75) is 6.42 Å². The molecule has 0 atom stereocenters.